The smallest absolute Gasteiger partial charge is 0.251 e. The first kappa shape index (κ1) is 21.6. The van der Waals surface area contributed by atoms with Gasteiger partial charge in [0.15, 0.2) is 5.16 Å². The Kier molecular flexibility index (Phi) is 6.08. The third-order valence-electron chi connectivity index (χ3n) is 5.64. The van der Waals surface area contributed by atoms with Crippen molar-refractivity contribution in [3.8, 4) is 22.9 Å². The maximum absolute atomic E-state index is 5.90. The van der Waals surface area contributed by atoms with Gasteiger partial charge in [0.1, 0.15) is 17.3 Å². The second kappa shape index (κ2) is 9.30. The topological polar surface area (TPSA) is 95.2 Å². The number of nitrogens with zero attached hydrogens (tertiary/aromatic N) is 6. The highest BCUT2D eigenvalue weighted by Crippen LogP contribution is 2.34. The molecule has 0 atom stereocenters. The van der Waals surface area contributed by atoms with Crippen LogP contribution in [-0.2, 0) is 5.75 Å². The number of hydrogen-bond donors (Lipinski definition) is 0. The van der Waals surface area contributed by atoms with E-state index in [-0.39, 0.29) is 0 Å². The van der Waals surface area contributed by atoms with Crippen molar-refractivity contribution in [1.82, 2.24) is 25.0 Å². The highest BCUT2D eigenvalue weighted by atomic mass is 32.2. The first-order chi connectivity index (χ1) is 16.1. The van der Waals surface area contributed by atoms with E-state index in [1.807, 2.05) is 44.2 Å². The first-order valence-corrected chi connectivity index (χ1v) is 12.0. The number of hydrogen-bond acceptors (Lipinski definition) is 9. The Morgan fingerprint density at radius 3 is 2.58 bits per heavy atom. The molecular formula is C23H26N6O3S. The van der Waals surface area contributed by atoms with Gasteiger partial charge in [0.05, 0.1) is 24.1 Å². The Hall–Kier alpha value is -3.27. The summed E-state index contributed by atoms with van der Waals surface area (Å²) < 4.78 is 19.2. The highest BCUT2D eigenvalue weighted by Gasteiger charge is 2.24. The lowest BCUT2D eigenvalue weighted by Gasteiger charge is -2.28. The average molecular weight is 467 g/mol. The molecule has 1 aliphatic heterocycles. The van der Waals surface area contributed by atoms with Crippen LogP contribution in [-0.4, -0.2) is 45.2 Å². The molecule has 0 spiro atoms. The summed E-state index contributed by atoms with van der Waals surface area (Å²) in [6, 6.07) is 9.83. The standard InChI is InChI=1S/C23H26N6O3S/c1-15-13-17(16(2)31-15)21-25-24-20(32-21)14-33-23-27-26-22(28-11-7-4-8-12-28)29(23)18-9-5-6-10-19(18)30-3/h5-6,9-10,13H,4,7-8,11-12,14H2,1-3H3. The number of para-hydroxylation sites is 2. The van der Waals surface area contributed by atoms with Crippen LogP contribution in [0.15, 0.2) is 44.3 Å². The Balaban J connectivity index is 1.44. The third-order valence-corrected chi connectivity index (χ3v) is 6.56. The molecule has 10 heteroatoms. The average Bonchev–Trinajstić information content (AvgIpc) is 3.56. The lowest BCUT2D eigenvalue weighted by molar-refractivity contribution is 0.412. The van der Waals surface area contributed by atoms with Gasteiger partial charge in [0.2, 0.25) is 11.8 Å². The molecule has 4 heterocycles. The van der Waals surface area contributed by atoms with Gasteiger partial charge in [-0.3, -0.25) is 4.57 Å². The number of benzene rings is 1. The van der Waals surface area contributed by atoms with Crippen LogP contribution in [0.4, 0.5) is 5.95 Å². The molecule has 0 N–H and O–H groups in total. The first-order valence-electron chi connectivity index (χ1n) is 11.0. The van der Waals surface area contributed by atoms with Gasteiger partial charge in [0, 0.05) is 13.1 Å². The summed E-state index contributed by atoms with van der Waals surface area (Å²) in [5.74, 6) is 4.61. The van der Waals surface area contributed by atoms with Crippen LogP contribution in [0.5, 0.6) is 5.75 Å². The van der Waals surface area contributed by atoms with Crippen LogP contribution in [0.1, 0.15) is 36.7 Å². The summed E-state index contributed by atoms with van der Waals surface area (Å²) in [6.45, 7) is 5.72. The molecular weight excluding hydrogens is 440 g/mol. The predicted octanol–water partition coefficient (Wildman–Crippen LogP) is 4.82. The normalized spacial score (nSPS) is 14.1. The number of anilines is 1. The molecule has 0 saturated carbocycles. The summed E-state index contributed by atoms with van der Waals surface area (Å²) >= 11 is 1.50. The molecule has 0 radical (unpaired) electrons. The number of aryl methyl sites for hydroxylation is 2. The van der Waals surface area contributed by atoms with Crippen LogP contribution in [0.3, 0.4) is 0 Å². The molecule has 0 unspecified atom stereocenters. The molecule has 1 aliphatic rings. The molecule has 0 bridgehead atoms. The Morgan fingerprint density at radius 2 is 1.82 bits per heavy atom. The number of thioether (sulfide) groups is 1. The second-order valence-electron chi connectivity index (χ2n) is 7.95. The fourth-order valence-electron chi connectivity index (χ4n) is 4.07. The lowest BCUT2D eigenvalue weighted by atomic mass is 10.1. The minimum Gasteiger partial charge on any atom is -0.495 e. The molecule has 1 saturated heterocycles. The fourth-order valence-corrected chi connectivity index (χ4v) is 4.85. The maximum Gasteiger partial charge on any atom is 0.251 e. The van der Waals surface area contributed by atoms with Gasteiger partial charge in [-0.2, -0.15) is 0 Å². The van der Waals surface area contributed by atoms with Crippen LogP contribution in [0.2, 0.25) is 0 Å². The van der Waals surface area contributed by atoms with Gasteiger partial charge in [-0.1, -0.05) is 23.9 Å². The minimum atomic E-state index is 0.458. The molecule has 0 amide bonds. The van der Waals surface area contributed by atoms with Crippen molar-refractivity contribution < 1.29 is 13.6 Å². The SMILES string of the molecule is COc1ccccc1-n1c(SCc2nnc(-c3cc(C)oc3C)o2)nnc1N1CCCCC1. The van der Waals surface area contributed by atoms with Crippen molar-refractivity contribution in [2.45, 2.75) is 44.0 Å². The van der Waals surface area contributed by atoms with Crippen molar-refractivity contribution in [3.05, 3.63) is 47.7 Å². The highest BCUT2D eigenvalue weighted by molar-refractivity contribution is 7.98. The summed E-state index contributed by atoms with van der Waals surface area (Å²) in [5, 5.41) is 18.2. The molecule has 5 rings (SSSR count). The third kappa shape index (κ3) is 4.35. The number of ether oxygens (including phenoxy) is 1. The fraction of sp³-hybridized carbons (Fsp3) is 0.391. The molecule has 1 fully saturated rings. The monoisotopic (exact) mass is 466 g/mol. The van der Waals surface area contributed by atoms with Crippen molar-refractivity contribution >= 4 is 17.7 Å². The number of methoxy groups -OCH3 is 1. The molecule has 1 aromatic carbocycles. The van der Waals surface area contributed by atoms with E-state index in [4.69, 9.17) is 13.6 Å². The quantitative estimate of drug-likeness (QED) is 0.355. The minimum absolute atomic E-state index is 0.458. The molecule has 0 aliphatic carbocycles. The van der Waals surface area contributed by atoms with E-state index in [0.717, 1.165) is 65.6 Å². The van der Waals surface area contributed by atoms with Crippen LogP contribution < -0.4 is 9.64 Å². The molecule has 33 heavy (non-hydrogen) atoms. The van der Waals surface area contributed by atoms with Crippen molar-refractivity contribution in [2.24, 2.45) is 0 Å². The van der Waals surface area contributed by atoms with Gasteiger partial charge in [-0.25, -0.2) is 0 Å². The molecule has 9 nitrogen and oxygen atoms in total. The second-order valence-corrected chi connectivity index (χ2v) is 8.90. The molecule has 4 aromatic rings. The predicted molar refractivity (Wildman–Crippen MR) is 125 cm³/mol. The van der Waals surface area contributed by atoms with Crippen molar-refractivity contribution in [3.63, 3.8) is 0 Å². The molecule has 3 aromatic heterocycles. The van der Waals surface area contributed by atoms with E-state index in [0.29, 0.717) is 17.5 Å². The number of furan rings is 1. The van der Waals surface area contributed by atoms with Gasteiger partial charge in [-0.15, -0.1) is 20.4 Å². The number of piperidine rings is 1. The van der Waals surface area contributed by atoms with Gasteiger partial charge in [0.25, 0.3) is 5.89 Å². The maximum atomic E-state index is 5.90. The van der Waals surface area contributed by atoms with Crippen LogP contribution in [0.25, 0.3) is 17.1 Å². The summed E-state index contributed by atoms with van der Waals surface area (Å²) in [4.78, 5) is 2.29. The van der Waals surface area contributed by atoms with Crippen molar-refractivity contribution in [2.75, 3.05) is 25.1 Å². The Bertz CT molecular complexity index is 1240. The van der Waals surface area contributed by atoms with Crippen LogP contribution >= 0.6 is 11.8 Å². The van der Waals surface area contributed by atoms with E-state index < -0.39 is 0 Å². The summed E-state index contributed by atoms with van der Waals surface area (Å²) in [6.07, 6.45) is 3.55. The van der Waals surface area contributed by atoms with E-state index in [9.17, 15) is 0 Å². The Morgan fingerprint density at radius 1 is 1.00 bits per heavy atom. The summed E-state index contributed by atoms with van der Waals surface area (Å²) in [5.41, 5.74) is 1.73. The van der Waals surface area contributed by atoms with E-state index in [1.54, 1.807) is 7.11 Å². The molecule has 172 valence electrons. The lowest BCUT2D eigenvalue weighted by Crippen LogP contribution is -2.31. The van der Waals surface area contributed by atoms with Gasteiger partial charge < -0.3 is 18.5 Å². The summed E-state index contributed by atoms with van der Waals surface area (Å²) in [7, 11) is 1.68. The number of rotatable bonds is 7. The zero-order valence-electron chi connectivity index (χ0n) is 18.9. The number of aromatic nitrogens is 5. The van der Waals surface area contributed by atoms with E-state index in [2.05, 4.69) is 29.9 Å². The largest absolute Gasteiger partial charge is 0.495 e. The Labute approximate surface area is 196 Å². The zero-order chi connectivity index (χ0) is 22.8. The zero-order valence-corrected chi connectivity index (χ0v) is 19.8. The van der Waals surface area contributed by atoms with E-state index in [1.165, 1.54) is 18.2 Å². The van der Waals surface area contributed by atoms with Gasteiger partial charge in [-0.05, 0) is 51.3 Å². The van der Waals surface area contributed by atoms with Gasteiger partial charge >= 0.3 is 0 Å². The van der Waals surface area contributed by atoms with Crippen molar-refractivity contribution in [1.29, 1.82) is 0 Å². The van der Waals surface area contributed by atoms with E-state index >= 15 is 0 Å². The van der Waals surface area contributed by atoms with Crippen LogP contribution in [0, 0.1) is 13.8 Å².